The number of esters is 2. The van der Waals surface area contributed by atoms with E-state index in [0.717, 1.165) is 25.7 Å². The number of hydrogen-bond acceptors (Lipinski definition) is 7. The number of aromatic nitrogens is 2. The molecule has 6 nitrogen and oxygen atoms in total. The third kappa shape index (κ3) is 3.71. The summed E-state index contributed by atoms with van der Waals surface area (Å²) in [5, 5.41) is 2.03. The molecule has 0 atom stereocenters. The van der Waals surface area contributed by atoms with Crippen molar-refractivity contribution in [1.29, 1.82) is 0 Å². The molecule has 0 amide bonds. The molecule has 8 heteroatoms. The summed E-state index contributed by atoms with van der Waals surface area (Å²) in [5.74, 6) is -0.521. The number of thioether (sulfide) groups is 1. The minimum Gasteiger partial charge on any atom is -0.423 e. The largest absolute Gasteiger partial charge is 0.423 e. The third-order valence-electron chi connectivity index (χ3n) is 3.54. The van der Waals surface area contributed by atoms with Gasteiger partial charge < -0.3 is 9.47 Å². The molecule has 0 aliphatic carbocycles. The highest BCUT2D eigenvalue weighted by Crippen LogP contribution is 2.38. The summed E-state index contributed by atoms with van der Waals surface area (Å²) in [5.41, 5.74) is 0.866. The Morgan fingerprint density at radius 3 is 2.46 bits per heavy atom. The first-order valence-corrected chi connectivity index (χ1v) is 9.76. The second-order valence-electron chi connectivity index (χ2n) is 5.54. The molecular weight excluding hydrogens is 372 g/mol. The van der Waals surface area contributed by atoms with Crippen molar-refractivity contribution < 1.29 is 23.6 Å². The van der Waals surface area contributed by atoms with Crippen molar-refractivity contribution in [2.75, 3.05) is 6.26 Å². The lowest BCUT2D eigenvalue weighted by atomic mass is 10.1. The minimum atomic E-state index is -0.479. The molecule has 0 bridgehead atoms. The predicted molar refractivity (Wildman–Crippen MR) is 101 cm³/mol. The van der Waals surface area contributed by atoms with Gasteiger partial charge in [0.05, 0.1) is 12.4 Å². The number of fused-ring (bicyclic) bond motifs is 1. The molecule has 0 aliphatic rings. The Kier molecular flexibility index (Phi) is 5.24. The molecule has 1 aromatic carbocycles. The van der Waals surface area contributed by atoms with E-state index in [1.807, 2.05) is 23.9 Å². The average molecular weight is 389 g/mol. The predicted octanol–water partition coefficient (Wildman–Crippen LogP) is 3.36. The fourth-order valence-corrected chi connectivity index (χ4v) is 4.18. The zero-order valence-corrected chi connectivity index (χ0v) is 16.4. The fraction of sp³-hybridized carbons (Fsp3) is 0.222. The van der Waals surface area contributed by atoms with E-state index >= 15 is 0 Å². The number of carbonyl (C=O) groups is 2. The monoisotopic (exact) mass is 389 g/mol. The van der Waals surface area contributed by atoms with Crippen LogP contribution in [0.4, 0.5) is 0 Å². The minimum absolute atomic E-state index is 0.217. The molecule has 0 saturated carbocycles. The van der Waals surface area contributed by atoms with Crippen LogP contribution in [0.25, 0.3) is 20.7 Å². The van der Waals surface area contributed by atoms with Crippen LogP contribution < -0.4 is 14.0 Å². The third-order valence-corrected chi connectivity index (χ3v) is 5.53. The number of aryl methyl sites for hydroxylation is 1. The molecule has 2 aromatic heterocycles. The van der Waals surface area contributed by atoms with Gasteiger partial charge in [-0.3, -0.25) is 9.59 Å². The highest BCUT2D eigenvalue weighted by molar-refractivity contribution is 7.98. The maximum Gasteiger partial charge on any atom is 0.308 e. The standard InChI is InChI=1S/C18H17N2O4S2/c1-10(21)23-14-6-5-12(7-15(14)24-11(2)22)16-8-13-17(25-4)19-9-20(3)18(13)26-16/h5-9H,1-4H3/q+1. The first kappa shape index (κ1) is 18.3. The number of nitrogens with zero attached hydrogens (tertiary/aromatic N) is 2. The van der Waals surface area contributed by atoms with Gasteiger partial charge in [-0.1, -0.05) is 23.1 Å². The Morgan fingerprint density at radius 2 is 1.81 bits per heavy atom. The molecule has 0 unspecified atom stereocenters. The SMILES string of the molecule is CSc1nc[n+](C)c2sc(-c3ccc(OC(C)=O)c(OC(C)=O)c3)cc12. The van der Waals surface area contributed by atoms with E-state index in [1.165, 1.54) is 13.8 Å². The molecule has 0 saturated heterocycles. The van der Waals surface area contributed by atoms with Crippen molar-refractivity contribution in [2.24, 2.45) is 7.05 Å². The molecule has 134 valence electrons. The molecule has 26 heavy (non-hydrogen) atoms. The molecular formula is C18H17N2O4S2+. The number of thiophene rings is 1. The summed E-state index contributed by atoms with van der Waals surface area (Å²) < 4.78 is 12.3. The number of rotatable bonds is 4. The van der Waals surface area contributed by atoms with Gasteiger partial charge in [-0.2, -0.15) is 0 Å². The highest BCUT2D eigenvalue weighted by Gasteiger charge is 2.18. The van der Waals surface area contributed by atoms with Crippen molar-refractivity contribution in [2.45, 2.75) is 18.9 Å². The number of benzene rings is 1. The number of hydrogen-bond donors (Lipinski definition) is 0. The molecule has 3 rings (SSSR count). The number of carbonyl (C=O) groups excluding carboxylic acids is 2. The summed E-state index contributed by atoms with van der Waals surface area (Å²) >= 11 is 3.21. The van der Waals surface area contributed by atoms with Crippen LogP contribution in [0, 0.1) is 0 Å². The van der Waals surface area contributed by atoms with Crippen molar-refractivity contribution in [3.8, 4) is 21.9 Å². The van der Waals surface area contributed by atoms with Gasteiger partial charge >= 0.3 is 11.9 Å². The van der Waals surface area contributed by atoms with Crippen molar-refractivity contribution in [3.63, 3.8) is 0 Å². The second kappa shape index (κ2) is 7.43. The van der Waals surface area contributed by atoms with Crippen LogP contribution in [0.3, 0.4) is 0 Å². The van der Waals surface area contributed by atoms with Crippen LogP contribution in [-0.4, -0.2) is 23.2 Å². The van der Waals surface area contributed by atoms with Gasteiger partial charge in [0.25, 0.3) is 6.33 Å². The van der Waals surface area contributed by atoms with Gasteiger partial charge in [0.15, 0.2) is 16.3 Å². The Bertz CT molecular complexity index is 1010. The van der Waals surface area contributed by atoms with Crippen LogP contribution in [0.5, 0.6) is 11.5 Å². The molecule has 2 heterocycles. The lowest BCUT2D eigenvalue weighted by Gasteiger charge is -2.09. The van der Waals surface area contributed by atoms with E-state index < -0.39 is 11.9 Å². The molecule has 0 N–H and O–H groups in total. The van der Waals surface area contributed by atoms with Gasteiger partial charge in [-0.05, 0) is 41.1 Å². The fourth-order valence-electron chi connectivity index (χ4n) is 2.50. The summed E-state index contributed by atoms with van der Waals surface area (Å²) in [6.07, 6.45) is 3.79. The van der Waals surface area contributed by atoms with Gasteiger partial charge in [0.1, 0.15) is 0 Å². The Balaban J connectivity index is 2.11. The maximum atomic E-state index is 11.4. The summed E-state index contributed by atoms with van der Waals surface area (Å²) in [4.78, 5) is 29.2. The topological polar surface area (TPSA) is 69.4 Å². The van der Waals surface area contributed by atoms with Gasteiger partial charge in [-0.25, -0.2) is 4.57 Å². The van der Waals surface area contributed by atoms with Crippen LogP contribution in [0.1, 0.15) is 13.8 Å². The normalized spacial score (nSPS) is 10.8. The summed E-state index contributed by atoms with van der Waals surface area (Å²) in [6.45, 7) is 2.61. The first-order valence-electron chi connectivity index (χ1n) is 7.72. The second-order valence-corrected chi connectivity index (χ2v) is 7.37. The number of ether oxygens (including phenoxy) is 2. The van der Waals surface area contributed by atoms with Gasteiger partial charge in [0, 0.05) is 18.7 Å². The lowest BCUT2D eigenvalue weighted by Crippen LogP contribution is -2.28. The first-order chi connectivity index (χ1) is 12.4. The van der Waals surface area contributed by atoms with E-state index in [-0.39, 0.29) is 11.5 Å². The molecule has 0 spiro atoms. The van der Waals surface area contributed by atoms with E-state index in [4.69, 9.17) is 9.47 Å². The van der Waals surface area contributed by atoms with Crippen LogP contribution >= 0.6 is 23.1 Å². The lowest BCUT2D eigenvalue weighted by molar-refractivity contribution is -0.646. The molecule has 0 radical (unpaired) electrons. The van der Waals surface area contributed by atoms with E-state index in [0.29, 0.717) is 0 Å². The van der Waals surface area contributed by atoms with Crippen LogP contribution in [0.15, 0.2) is 35.6 Å². The quantitative estimate of drug-likeness (QED) is 0.224. The van der Waals surface area contributed by atoms with Crippen molar-refractivity contribution in [1.82, 2.24) is 4.98 Å². The van der Waals surface area contributed by atoms with Crippen molar-refractivity contribution >= 4 is 45.3 Å². The van der Waals surface area contributed by atoms with E-state index in [2.05, 4.69) is 11.1 Å². The van der Waals surface area contributed by atoms with Crippen molar-refractivity contribution in [3.05, 3.63) is 30.6 Å². The van der Waals surface area contributed by atoms with Gasteiger partial charge in [0.2, 0.25) is 5.03 Å². The van der Waals surface area contributed by atoms with Gasteiger partial charge in [-0.15, -0.1) is 0 Å². The average Bonchev–Trinajstić information content (AvgIpc) is 3.02. The summed E-state index contributed by atoms with van der Waals surface area (Å²) in [7, 11) is 1.95. The highest BCUT2D eigenvalue weighted by atomic mass is 32.2. The van der Waals surface area contributed by atoms with Crippen LogP contribution in [0.2, 0.25) is 0 Å². The zero-order chi connectivity index (χ0) is 18.8. The molecule has 3 aromatic rings. The Hall–Kier alpha value is -2.45. The van der Waals surface area contributed by atoms with Crippen LogP contribution in [-0.2, 0) is 16.6 Å². The Morgan fingerprint density at radius 1 is 1.12 bits per heavy atom. The smallest absolute Gasteiger partial charge is 0.308 e. The molecule has 0 aliphatic heterocycles. The summed E-state index contributed by atoms with van der Waals surface area (Å²) in [6, 6.07) is 7.24. The molecule has 0 fully saturated rings. The van der Waals surface area contributed by atoms with E-state index in [1.54, 1.807) is 41.6 Å². The van der Waals surface area contributed by atoms with E-state index in [9.17, 15) is 9.59 Å². The Labute approximate surface area is 158 Å². The maximum absolute atomic E-state index is 11.4. The zero-order valence-electron chi connectivity index (χ0n) is 14.7.